The van der Waals surface area contributed by atoms with Crippen LogP contribution in [0.25, 0.3) is 0 Å². The van der Waals surface area contributed by atoms with Crippen LogP contribution in [0.4, 0.5) is 5.95 Å². The highest BCUT2D eigenvalue weighted by Gasteiger charge is 2.24. The summed E-state index contributed by atoms with van der Waals surface area (Å²) in [6.45, 7) is 9.90. The third-order valence-electron chi connectivity index (χ3n) is 3.01. The Balaban J connectivity index is 2.84. The van der Waals surface area contributed by atoms with Gasteiger partial charge in [-0.25, -0.2) is 9.97 Å². The largest absolute Gasteiger partial charge is 0.347 e. The van der Waals surface area contributed by atoms with E-state index >= 15 is 0 Å². The SMILES string of the molecule is CCNC(Cc1ccnc(N(C)C)n1)C(C)(C)C. The molecular formula is C14H26N4. The van der Waals surface area contributed by atoms with Crippen molar-refractivity contribution < 1.29 is 0 Å². The fourth-order valence-corrected chi connectivity index (χ4v) is 1.85. The minimum atomic E-state index is 0.221. The summed E-state index contributed by atoms with van der Waals surface area (Å²) in [5, 5.41) is 3.55. The van der Waals surface area contributed by atoms with Gasteiger partial charge in [0.15, 0.2) is 0 Å². The first-order chi connectivity index (χ1) is 8.34. The van der Waals surface area contributed by atoms with Crippen LogP contribution >= 0.6 is 0 Å². The van der Waals surface area contributed by atoms with Crippen LogP contribution in [0.3, 0.4) is 0 Å². The van der Waals surface area contributed by atoms with Crippen molar-refractivity contribution in [3.63, 3.8) is 0 Å². The molecule has 0 aliphatic rings. The van der Waals surface area contributed by atoms with Gasteiger partial charge < -0.3 is 10.2 Å². The average Bonchev–Trinajstić information content (AvgIpc) is 2.27. The van der Waals surface area contributed by atoms with Crippen LogP contribution in [-0.4, -0.2) is 36.6 Å². The highest BCUT2D eigenvalue weighted by atomic mass is 15.2. The predicted octanol–water partition coefficient (Wildman–Crippen LogP) is 2.11. The molecule has 1 heterocycles. The fourth-order valence-electron chi connectivity index (χ4n) is 1.85. The smallest absolute Gasteiger partial charge is 0.224 e. The van der Waals surface area contributed by atoms with Crippen molar-refractivity contribution in [1.82, 2.24) is 15.3 Å². The van der Waals surface area contributed by atoms with E-state index in [0.717, 1.165) is 24.6 Å². The summed E-state index contributed by atoms with van der Waals surface area (Å²) >= 11 is 0. The van der Waals surface area contributed by atoms with Gasteiger partial charge in [-0.15, -0.1) is 0 Å². The van der Waals surface area contributed by atoms with E-state index in [4.69, 9.17) is 0 Å². The summed E-state index contributed by atoms with van der Waals surface area (Å²) in [6, 6.07) is 2.43. The Morgan fingerprint density at radius 2 is 2.00 bits per heavy atom. The molecule has 0 aromatic carbocycles. The van der Waals surface area contributed by atoms with Gasteiger partial charge in [-0.2, -0.15) is 0 Å². The minimum Gasteiger partial charge on any atom is -0.347 e. The molecule has 1 unspecified atom stereocenters. The predicted molar refractivity (Wildman–Crippen MR) is 77.0 cm³/mol. The molecule has 0 radical (unpaired) electrons. The highest BCUT2D eigenvalue weighted by molar-refractivity contribution is 5.27. The van der Waals surface area contributed by atoms with Crippen LogP contribution in [0.5, 0.6) is 0 Å². The zero-order valence-corrected chi connectivity index (χ0v) is 12.5. The lowest BCUT2D eigenvalue weighted by Gasteiger charge is -2.31. The molecule has 0 aliphatic carbocycles. The topological polar surface area (TPSA) is 41.1 Å². The third kappa shape index (κ3) is 4.26. The molecule has 18 heavy (non-hydrogen) atoms. The molecule has 4 nitrogen and oxygen atoms in total. The average molecular weight is 250 g/mol. The lowest BCUT2D eigenvalue weighted by atomic mass is 9.84. The van der Waals surface area contributed by atoms with Gasteiger partial charge in [-0.05, 0) is 18.0 Å². The molecule has 1 rings (SSSR count). The second-order valence-electron chi connectivity index (χ2n) is 5.92. The Kier molecular flexibility index (Phi) is 5.08. The van der Waals surface area contributed by atoms with Gasteiger partial charge >= 0.3 is 0 Å². The Morgan fingerprint density at radius 3 is 2.50 bits per heavy atom. The van der Waals surface area contributed by atoms with E-state index < -0.39 is 0 Å². The Labute approximate surface area is 111 Å². The molecule has 1 N–H and O–H groups in total. The summed E-state index contributed by atoms with van der Waals surface area (Å²) in [5.41, 5.74) is 1.31. The maximum atomic E-state index is 4.58. The summed E-state index contributed by atoms with van der Waals surface area (Å²) < 4.78 is 0. The number of rotatable bonds is 5. The minimum absolute atomic E-state index is 0.221. The van der Waals surface area contributed by atoms with Gasteiger partial charge in [0, 0.05) is 38.4 Å². The van der Waals surface area contributed by atoms with Crippen molar-refractivity contribution in [3.05, 3.63) is 18.0 Å². The van der Waals surface area contributed by atoms with Crippen LogP contribution < -0.4 is 10.2 Å². The molecule has 0 fully saturated rings. The molecule has 4 heteroatoms. The second-order valence-corrected chi connectivity index (χ2v) is 5.92. The van der Waals surface area contributed by atoms with Crippen LogP contribution in [0.15, 0.2) is 12.3 Å². The monoisotopic (exact) mass is 250 g/mol. The van der Waals surface area contributed by atoms with Crippen molar-refractivity contribution in [2.24, 2.45) is 5.41 Å². The summed E-state index contributed by atoms with van der Waals surface area (Å²) in [7, 11) is 3.93. The van der Waals surface area contributed by atoms with Crippen LogP contribution in [-0.2, 0) is 6.42 Å². The maximum absolute atomic E-state index is 4.58. The molecular weight excluding hydrogens is 224 g/mol. The first kappa shape index (κ1) is 14.9. The molecule has 0 aliphatic heterocycles. The van der Waals surface area contributed by atoms with Crippen LogP contribution in [0.1, 0.15) is 33.4 Å². The molecule has 0 bridgehead atoms. The lowest BCUT2D eigenvalue weighted by molar-refractivity contribution is 0.268. The molecule has 1 aromatic heterocycles. The first-order valence-corrected chi connectivity index (χ1v) is 6.57. The first-order valence-electron chi connectivity index (χ1n) is 6.57. The van der Waals surface area contributed by atoms with Crippen molar-refractivity contribution in [2.75, 3.05) is 25.5 Å². The van der Waals surface area contributed by atoms with Crippen molar-refractivity contribution in [2.45, 2.75) is 40.2 Å². The summed E-state index contributed by atoms with van der Waals surface area (Å²) in [6.07, 6.45) is 2.77. The van der Waals surface area contributed by atoms with Gasteiger partial charge in [-0.1, -0.05) is 27.7 Å². The van der Waals surface area contributed by atoms with Crippen molar-refractivity contribution in [1.29, 1.82) is 0 Å². The number of nitrogens with one attached hydrogen (secondary N) is 1. The molecule has 1 atom stereocenters. The number of anilines is 1. The van der Waals surface area contributed by atoms with E-state index in [1.54, 1.807) is 0 Å². The Morgan fingerprint density at radius 1 is 1.33 bits per heavy atom. The Bertz CT molecular complexity index is 368. The van der Waals surface area contributed by atoms with Crippen LogP contribution in [0, 0.1) is 5.41 Å². The maximum Gasteiger partial charge on any atom is 0.224 e. The molecule has 0 saturated carbocycles. The number of hydrogen-bond donors (Lipinski definition) is 1. The molecule has 0 spiro atoms. The molecule has 0 saturated heterocycles. The van der Waals surface area contributed by atoms with Gasteiger partial charge in [0.1, 0.15) is 0 Å². The summed E-state index contributed by atoms with van der Waals surface area (Å²) in [4.78, 5) is 10.8. The van der Waals surface area contributed by atoms with Crippen molar-refractivity contribution >= 4 is 5.95 Å². The normalized spacial score (nSPS) is 13.4. The van der Waals surface area contributed by atoms with Gasteiger partial charge in [0.25, 0.3) is 0 Å². The van der Waals surface area contributed by atoms with Gasteiger partial charge in [0.2, 0.25) is 5.95 Å². The standard InChI is InChI=1S/C14H26N4/c1-7-15-12(14(2,3)4)10-11-8-9-16-13(17-11)18(5)6/h8-9,12,15H,7,10H2,1-6H3. The number of hydrogen-bond acceptors (Lipinski definition) is 4. The number of aromatic nitrogens is 2. The van der Waals surface area contributed by atoms with E-state index in [9.17, 15) is 0 Å². The van der Waals surface area contributed by atoms with E-state index in [1.807, 2.05) is 31.3 Å². The van der Waals surface area contributed by atoms with E-state index in [0.29, 0.717) is 6.04 Å². The zero-order chi connectivity index (χ0) is 13.8. The molecule has 1 aromatic rings. The van der Waals surface area contributed by atoms with E-state index in [1.165, 1.54) is 0 Å². The zero-order valence-electron chi connectivity index (χ0n) is 12.5. The highest BCUT2D eigenvalue weighted by Crippen LogP contribution is 2.22. The summed E-state index contributed by atoms with van der Waals surface area (Å²) in [5.74, 6) is 0.775. The Hall–Kier alpha value is -1.16. The number of nitrogens with zero attached hydrogens (tertiary/aromatic N) is 3. The van der Waals surface area contributed by atoms with Crippen LogP contribution in [0.2, 0.25) is 0 Å². The quantitative estimate of drug-likeness (QED) is 0.869. The lowest BCUT2D eigenvalue weighted by Crippen LogP contribution is -2.42. The second kappa shape index (κ2) is 6.14. The van der Waals surface area contributed by atoms with E-state index in [-0.39, 0.29) is 5.41 Å². The number of likely N-dealkylation sites (N-methyl/N-ethyl adjacent to an activating group) is 1. The van der Waals surface area contributed by atoms with Gasteiger partial charge in [-0.3, -0.25) is 0 Å². The molecule has 0 amide bonds. The van der Waals surface area contributed by atoms with Gasteiger partial charge in [0.05, 0.1) is 0 Å². The van der Waals surface area contributed by atoms with E-state index in [2.05, 4.69) is 43.0 Å². The third-order valence-corrected chi connectivity index (χ3v) is 3.01. The molecule has 102 valence electrons. The fraction of sp³-hybridized carbons (Fsp3) is 0.714. The van der Waals surface area contributed by atoms with Crippen molar-refractivity contribution in [3.8, 4) is 0 Å².